The minimum absolute atomic E-state index is 0.0820. The van der Waals surface area contributed by atoms with Crippen LogP contribution in [-0.2, 0) is 80.6 Å². The van der Waals surface area contributed by atoms with Crippen molar-refractivity contribution in [2.75, 3.05) is 5.32 Å². The number of carbonyl (C=O) groups is 9. The topological polar surface area (TPSA) is 244 Å². The molecule has 2 amide bonds. The summed E-state index contributed by atoms with van der Waals surface area (Å²) in [5.41, 5.74) is 4.08. The maximum absolute atomic E-state index is 13.9. The molecular weight excluding hydrogens is 1170 g/mol. The van der Waals surface area contributed by atoms with Gasteiger partial charge < -0.3 is 10.6 Å². The van der Waals surface area contributed by atoms with E-state index in [2.05, 4.69) is 10.6 Å². The molecule has 93 heavy (non-hydrogen) atoms. The largest absolute Gasteiger partial charge is 0.345 e. The van der Waals surface area contributed by atoms with Crippen molar-refractivity contribution in [3.05, 3.63) is 240 Å². The molecule has 0 atom stereocenters. The first-order valence-electron chi connectivity index (χ1n) is 32.8. The van der Waals surface area contributed by atoms with Gasteiger partial charge in [0.2, 0.25) is 34.8 Å². The number of nitrogens with one attached hydrogen (secondary N) is 2. The lowest BCUT2D eigenvalue weighted by Gasteiger charge is -2.14. The van der Waals surface area contributed by atoms with E-state index in [-0.39, 0.29) is 69.3 Å². The van der Waals surface area contributed by atoms with Gasteiger partial charge in [0.25, 0.3) is 5.91 Å². The molecule has 0 aliphatic rings. The van der Waals surface area contributed by atoms with Crippen molar-refractivity contribution < 1.29 is 43.2 Å². The van der Waals surface area contributed by atoms with Gasteiger partial charge in [-0.05, 0) is 91.3 Å². The molecule has 486 valence electrons. The second-order valence-corrected chi connectivity index (χ2v) is 23.8. The molecule has 0 aliphatic carbocycles. The molecule has 0 bridgehead atoms. The number of aromatic nitrogens is 3. The van der Waals surface area contributed by atoms with Gasteiger partial charge in [-0.3, -0.25) is 43.2 Å². The fraction of sp³-hybridized carbons (Fsp3) is 0.368. The summed E-state index contributed by atoms with van der Waals surface area (Å²) in [7, 11) is 0. The molecule has 1 heterocycles. The third kappa shape index (κ3) is 23.8. The Kier molecular flexibility index (Phi) is 29.1. The molecule has 0 saturated carbocycles. The average molecular weight is 1260 g/mol. The molecule has 6 aromatic carbocycles. The average Bonchev–Trinajstić information content (AvgIpc) is 0.946. The Hall–Kier alpha value is -9.64. The monoisotopic (exact) mass is 1260 g/mol. The van der Waals surface area contributed by atoms with E-state index in [9.17, 15) is 57.5 Å². The van der Waals surface area contributed by atoms with Gasteiger partial charge in [0, 0.05) is 93.5 Å². The lowest BCUT2D eigenvalue weighted by atomic mass is 9.99. The molecule has 7 rings (SSSR count). The lowest BCUT2D eigenvalue weighted by Crippen LogP contribution is -2.54. The number of anilines is 1. The van der Waals surface area contributed by atoms with E-state index in [1.54, 1.807) is 103 Å². The SMILES string of the molecule is O=C(CCCCCCCn1c(=O)n(CCCCCCCC(=O)Cc2ccc(CNC(=O)C(=O)c3ccccc3)cc2)c(=O)n(CCCCCCCC(=O)Nc2ccc(CCC(=O)C(=O)c3ccccc3)cc2)c1=O)Cc1ccc(CCC(=O)C(=O)c2ccccc2)cc1. The van der Waals surface area contributed by atoms with Crippen molar-refractivity contribution in [3.8, 4) is 0 Å². The fourth-order valence-corrected chi connectivity index (χ4v) is 11.0. The number of rotatable bonds is 43. The number of hydrogen-bond acceptors (Lipinski definition) is 12. The van der Waals surface area contributed by atoms with Gasteiger partial charge in [-0.1, -0.05) is 209 Å². The first-order valence-corrected chi connectivity index (χ1v) is 32.8. The Labute approximate surface area is 543 Å². The number of ketones is 7. The molecule has 7 aromatic rings. The molecule has 0 aliphatic heterocycles. The molecule has 0 unspecified atom stereocenters. The molecule has 17 heteroatoms. The first kappa shape index (κ1) is 70.8. The van der Waals surface area contributed by atoms with Crippen molar-refractivity contribution >= 4 is 58.0 Å². The molecule has 17 nitrogen and oxygen atoms in total. The van der Waals surface area contributed by atoms with Crippen LogP contribution in [0, 0.1) is 0 Å². The minimum Gasteiger partial charge on any atom is -0.345 e. The molecule has 0 saturated heterocycles. The predicted molar refractivity (Wildman–Crippen MR) is 359 cm³/mol. The summed E-state index contributed by atoms with van der Waals surface area (Å²) in [5.74, 6) is -3.13. The number of benzene rings is 6. The van der Waals surface area contributed by atoms with Crippen LogP contribution in [0.2, 0.25) is 0 Å². The van der Waals surface area contributed by atoms with Gasteiger partial charge >= 0.3 is 17.1 Å². The highest BCUT2D eigenvalue weighted by atomic mass is 16.2. The van der Waals surface area contributed by atoms with Crippen LogP contribution in [0.5, 0.6) is 0 Å². The highest BCUT2D eigenvalue weighted by molar-refractivity contribution is 6.44. The highest BCUT2D eigenvalue weighted by Crippen LogP contribution is 2.17. The summed E-state index contributed by atoms with van der Waals surface area (Å²) in [5, 5.41) is 5.56. The van der Waals surface area contributed by atoms with Gasteiger partial charge in [0.05, 0.1) is 0 Å². The number of amides is 2. The van der Waals surface area contributed by atoms with Crippen LogP contribution in [0.3, 0.4) is 0 Å². The Morgan fingerprint density at radius 3 is 1.03 bits per heavy atom. The third-order valence-corrected chi connectivity index (χ3v) is 16.5. The van der Waals surface area contributed by atoms with Gasteiger partial charge in [-0.2, -0.15) is 0 Å². The Morgan fingerprint density at radius 2 is 0.634 bits per heavy atom. The van der Waals surface area contributed by atoms with E-state index < -0.39 is 51.9 Å². The van der Waals surface area contributed by atoms with Crippen molar-refractivity contribution in [3.63, 3.8) is 0 Å². The maximum Gasteiger partial charge on any atom is 0.336 e. The zero-order valence-electron chi connectivity index (χ0n) is 53.1. The van der Waals surface area contributed by atoms with Crippen LogP contribution in [-0.4, -0.2) is 66.0 Å². The first-order chi connectivity index (χ1) is 45.1. The van der Waals surface area contributed by atoms with Crippen molar-refractivity contribution in [1.29, 1.82) is 0 Å². The van der Waals surface area contributed by atoms with Crippen LogP contribution in [0.1, 0.15) is 187 Å². The van der Waals surface area contributed by atoms with E-state index >= 15 is 0 Å². The van der Waals surface area contributed by atoms with Gasteiger partial charge in [0.1, 0.15) is 11.6 Å². The van der Waals surface area contributed by atoms with Crippen molar-refractivity contribution in [2.45, 2.75) is 180 Å². The van der Waals surface area contributed by atoms with E-state index in [1.807, 2.05) is 60.7 Å². The van der Waals surface area contributed by atoms with E-state index in [0.717, 1.165) is 66.3 Å². The summed E-state index contributed by atoms with van der Waals surface area (Å²) >= 11 is 0. The summed E-state index contributed by atoms with van der Waals surface area (Å²) < 4.78 is 3.52. The van der Waals surface area contributed by atoms with Gasteiger partial charge in [0.15, 0.2) is 0 Å². The number of aryl methyl sites for hydroxylation is 2. The van der Waals surface area contributed by atoms with Crippen LogP contribution in [0.25, 0.3) is 0 Å². The minimum atomic E-state index is -0.690. The molecule has 0 radical (unpaired) electrons. The van der Waals surface area contributed by atoms with Crippen molar-refractivity contribution in [2.24, 2.45) is 0 Å². The number of nitrogens with zero attached hydrogens (tertiary/aromatic N) is 3. The normalized spacial score (nSPS) is 11.0. The summed E-state index contributed by atoms with van der Waals surface area (Å²) in [6.07, 6.45) is 13.0. The summed E-state index contributed by atoms with van der Waals surface area (Å²) in [4.78, 5) is 155. The number of carbonyl (C=O) groups excluding carboxylic acids is 9. The summed E-state index contributed by atoms with van der Waals surface area (Å²) in [6.45, 7) is 0.592. The van der Waals surface area contributed by atoms with Crippen LogP contribution in [0.4, 0.5) is 5.69 Å². The standard InChI is InChI=1S/C76H85N5O12/c82-65(53-58-36-34-56(35-37-58)44-48-67(84)70(87)61-25-13-10-14-26-61)31-19-4-1-7-22-50-79-74(91)80(51-23-8-2-5-20-32-66(83)54-59-38-40-60(41-39-59)55-77-73(90)72(89)63-29-17-12-18-30-63)76(93)81(75(79)92)52-24-9-3-6-21-33-69(86)78-64-46-42-57(43-47-64)45-49-68(85)71(88)62-27-15-11-16-28-62/h10-18,25-30,34-43,46-47H,1-9,19-24,31-33,44-45,48-55H2,(H,77,90)(H,78,86). The van der Waals surface area contributed by atoms with Crippen molar-refractivity contribution in [1.82, 2.24) is 19.0 Å². The zero-order valence-corrected chi connectivity index (χ0v) is 53.1. The Bertz CT molecular complexity index is 3390. The third-order valence-electron chi connectivity index (χ3n) is 16.5. The lowest BCUT2D eigenvalue weighted by molar-refractivity contribution is -0.119. The second kappa shape index (κ2) is 38.3. The van der Waals surface area contributed by atoms with Crippen LogP contribution in [0.15, 0.2) is 178 Å². The smallest absolute Gasteiger partial charge is 0.336 e. The van der Waals surface area contributed by atoms with E-state index in [1.165, 1.54) is 13.7 Å². The number of hydrogen-bond donors (Lipinski definition) is 2. The Balaban J connectivity index is 0.823. The molecule has 2 N–H and O–H groups in total. The van der Waals surface area contributed by atoms with Gasteiger partial charge in [-0.15, -0.1) is 0 Å². The molecule has 0 spiro atoms. The number of Topliss-reactive ketones (excluding diaryl/α,β-unsaturated/α-hetero) is 7. The van der Waals surface area contributed by atoms with Crippen LogP contribution < -0.4 is 27.7 Å². The van der Waals surface area contributed by atoms with Crippen LogP contribution >= 0.6 is 0 Å². The second-order valence-electron chi connectivity index (χ2n) is 23.8. The quantitative estimate of drug-likeness (QED) is 0.0206. The molecule has 0 fully saturated rings. The number of unbranched alkanes of at least 4 members (excludes halogenated alkanes) is 12. The molecule has 1 aromatic heterocycles. The predicted octanol–water partition coefficient (Wildman–Crippen LogP) is 11.7. The van der Waals surface area contributed by atoms with E-state index in [4.69, 9.17) is 0 Å². The maximum atomic E-state index is 13.9. The Morgan fingerprint density at radius 1 is 0.312 bits per heavy atom. The fourth-order valence-electron chi connectivity index (χ4n) is 11.0. The molecular formula is C76H85N5O12. The summed E-state index contributed by atoms with van der Waals surface area (Å²) in [6, 6.07) is 47.4. The van der Waals surface area contributed by atoms with E-state index in [0.29, 0.717) is 112 Å². The highest BCUT2D eigenvalue weighted by Gasteiger charge is 2.20. The zero-order chi connectivity index (χ0) is 66.2. The van der Waals surface area contributed by atoms with Gasteiger partial charge in [-0.25, -0.2) is 28.1 Å².